The van der Waals surface area contributed by atoms with Crippen molar-refractivity contribution in [3.8, 4) is 11.5 Å². The summed E-state index contributed by atoms with van der Waals surface area (Å²) in [5, 5.41) is 35.7. The second-order valence-corrected chi connectivity index (χ2v) is 13.3. The Labute approximate surface area is 341 Å². The first-order valence-corrected chi connectivity index (χ1v) is 18.8. The smallest absolute Gasteiger partial charge is 0.323 e. The maximum Gasteiger partial charge on any atom is 0.323 e. The quantitative estimate of drug-likeness (QED) is 0.0608. The minimum Gasteiger partial charge on any atom is -0.489 e. The number of hydrogen-bond donors (Lipinski definition) is 6. The second-order valence-electron chi connectivity index (χ2n) is 13.3. The molecule has 0 spiro atoms. The van der Waals surface area contributed by atoms with Crippen LogP contribution in [-0.4, -0.2) is 104 Å². The van der Waals surface area contributed by atoms with E-state index in [0.29, 0.717) is 42.3 Å². The van der Waals surface area contributed by atoms with Crippen LogP contribution >= 0.6 is 0 Å². The zero-order valence-corrected chi connectivity index (χ0v) is 32.4. The molecule has 0 saturated carbocycles. The fourth-order valence-corrected chi connectivity index (χ4v) is 5.45. The van der Waals surface area contributed by atoms with Gasteiger partial charge in [0.05, 0.1) is 6.42 Å². The molecular formula is C43H50N4O12. The summed E-state index contributed by atoms with van der Waals surface area (Å²) in [4.78, 5) is 71.6. The van der Waals surface area contributed by atoms with E-state index < -0.39 is 48.4 Å². The van der Waals surface area contributed by atoms with Gasteiger partial charge in [0, 0.05) is 30.8 Å². The van der Waals surface area contributed by atoms with Crippen LogP contribution in [0.3, 0.4) is 0 Å². The number of carbonyl (C=O) groups is 6. The first kappa shape index (κ1) is 46.6. The van der Waals surface area contributed by atoms with E-state index in [2.05, 4.69) is 0 Å². The summed E-state index contributed by atoms with van der Waals surface area (Å²) in [7, 11) is 0. The Hall–Kier alpha value is -6.78. The van der Waals surface area contributed by atoms with Crippen molar-refractivity contribution in [3.05, 3.63) is 131 Å². The molecule has 0 saturated heterocycles. The van der Waals surface area contributed by atoms with Crippen molar-refractivity contribution in [1.82, 2.24) is 9.80 Å². The number of carbonyl (C=O) groups excluding carboxylic acids is 2. The molecule has 59 heavy (non-hydrogen) atoms. The number of hydrogen-bond acceptors (Lipinski definition) is 10. The number of aliphatic carboxylic acids is 4. The molecule has 0 unspecified atom stereocenters. The molecule has 0 aromatic heterocycles. The van der Waals surface area contributed by atoms with Crippen LogP contribution in [0.2, 0.25) is 0 Å². The van der Waals surface area contributed by atoms with Gasteiger partial charge in [-0.3, -0.25) is 28.8 Å². The minimum atomic E-state index is -1.15. The fourth-order valence-electron chi connectivity index (χ4n) is 5.45. The molecule has 0 bridgehead atoms. The fraction of sp³-hybridized carbons (Fsp3) is 0.302. The standard InChI is InChI=1S/C22H26N2O6.C21H24N2O6/c23-19(22(28)29)7-4-13-24(14-12-20(25)26)21(27)17-8-10-18(11-9-17)30-15-16-5-2-1-3-6-16;22-18(21(27)28)7-4-12-23(13-19(24)25)20(26)16-8-10-17(11-9-16)29-14-15-5-2-1-3-6-15/h1-3,5-6,8-11,19H,4,7,12-15,23H2,(H,25,26)(H,28,29);1-3,5-6,8-11,18H,4,7,12-14,22H2,(H,24,25)(H,27,28)/t19-;18-/m00/s1. The van der Waals surface area contributed by atoms with E-state index in [-0.39, 0.29) is 51.2 Å². The van der Waals surface area contributed by atoms with Crippen molar-refractivity contribution in [2.24, 2.45) is 11.5 Å². The topological polar surface area (TPSA) is 260 Å². The number of amides is 2. The molecule has 0 heterocycles. The van der Waals surface area contributed by atoms with E-state index in [4.69, 9.17) is 41.4 Å². The van der Waals surface area contributed by atoms with Gasteiger partial charge in [0.15, 0.2) is 0 Å². The molecule has 0 fully saturated rings. The molecule has 314 valence electrons. The lowest BCUT2D eigenvalue weighted by Gasteiger charge is -2.22. The van der Waals surface area contributed by atoms with E-state index in [0.717, 1.165) is 16.0 Å². The number of ether oxygens (including phenoxy) is 2. The SMILES string of the molecule is N[C@@H](CCCN(CC(=O)O)C(=O)c1ccc(OCc2ccccc2)cc1)C(=O)O.N[C@@H](CCCN(CCC(=O)O)C(=O)c1ccc(OCc2ccccc2)cc1)C(=O)O. The first-order chi connectivity index (χ1) is 28.2. The summed E-state index contributed by atoms with van der Waals surface area (Å²) < 4.78 is 11.4. The largest absolute Gasteiger partial charge is 0.489 e. The summed E-state index contributed by atoms with van der Waals surface area (Å²) in [6, 6.07) is 30.3. The van der Waals surface area contributed by atoms with Crippen LogP contribution in [0.25, 0.3) is 0 Å². The van der Waals surface area contributed by atoms with E-state index in [9.17, 15) is 28.8 Å². The lowest BCUT2D eigenvalue weighted by Crippen LogP contribution is -2.37. The highest BCUT2D eigenvalue weighted by molar-refractivity contribution is 5.96. The molecule has 0 aliphatic rings. The van der Waals surface area contributed by atoms with E-state index >= 15 is 0 Å². The van der Waals surface area contributed by atoms with Crippen molar-refractivity contribution >= 4 is 35.7 Å². The number of nitrogens with zero attached hydrogens (tertiary/aromatic N) is 2. The average molecular weight is 815 g/mol. The maximum atomic E-state index is 12.8. The van der Waals surface area contributed by atoms with Gasteiger partial charge in [-0.25, -0.2) is 0 Å². The molecule has 2 atom stereocenters. The molecular weight excluding hydrogens is 764 g/mol. The number of carboxylic acid groups (broad SMARTS) is 4. The second kappa shape index (κ2) is 24.8. The number of rotatable bonds is 23. The Morgan fingerprint density at radius 1 is 0.508 bits per heavy atom. The molecule has 4 aromatic carbocycles. The van der Waals surface area contributed by atoms with Gasteiger partial charge in [0.25, 0.3) is 11.8 Å². The Morgan fingerprint density at radius 2 is 0.898 bits per heavy atom. The van der Waals surface area contributed by atoms with E-state index in [1.807, 2.05) is 60.7 Å². The van der Waals surface area contributed by atoms with Gasteiger partial charge in [-0.1, -0.05) is 60.7 Å². The van der Waals surface area contributed by atoms with Gasteiger partial charge in [-0.15, -0.1) is 0 Å². The van der Waals surface area contributed by atoms with Crippen LogP contribution in [0, 0.1) is 0 Å². The maximum absolute atomic E-state index is 12.8. The molecule has 16 nitrogen and oxygen atoms in total. The lowest BCUT2D eigenvalue weighted by atomic mass is 10.1. The van der Waals surface area contributed by atoms with Crippen LogP contribution in [0.4, 0.5) is 0 Å². The van der Waals surface area contributed by atoms with Crippen molar-refractivity contribution in [1.29, 1.82) is 0 Å². The van der Waals surface area contributed by atoms with Gasteiger partial charge in [-0.2, -0.15) is 0 Å². The van der Waals surface area contributed by atoms with E-state index in [1.54, 1.807) is 48.5 Å². The molecule has 8 N–H and O–H groups in total. The van der Waals surface area contributed by atoms with Crippen LogP contribution in [0.15, 0.2) is 109 Å². The van der Waals surface area contributed by atoms with Crippen molar-refractivity contribution < 1.29 is 58.7 Å². The van der Waals surface area contributed by atoms with E-state index in [1.165, 1.54) is 4.90 Å². The zero-order valence-electron chi connectivity index (χ0n) is 32.4. The highest BCUT2D eigenvalue weighted by atomic mass is 16.5. The Kier molecular flexibility index (Phi) is 19.6. The third-order valence-corrected chi connectivity index (χ3v) is 8.72. The molecule has 0 radical (unpaired) electrons. The zero-order chi connectivity index (χ0) is 43.2. The normalized spacial score (nSPS) is 11.5. The number of benzene rings is 4. The third-order valence-electron chi connectivity index (χ3n) is 8.72. The third kappa shape index (κ3) is 17.5. The molecule has 16 heteroatoms. The predicted molar refractivity (Wildman–Crippen MR) is 216 cm³/mol. The van der Waals surface area contributed by atoms with Gasteiger partial charge >= 0.3 is 23.9 Å². The Balaban J connectivity index is 0.000000316. The van der Waals surface area contributed by atoms with Gasteiger partial charge in [-0.05, 0) is 85.3 Å². The first-order valence-electron chi connectivity index (χ1n) is 18.8. The molecule has 2 amide bonds. The van der Waals surface area contributed by atoms with Crippen molar-refractivity contribution in [3.63, 3.8) is 0 Å². The van der Waals surface area contributed by atoms with Gasteiger partial charge in [0.2, 0.25) is 0 Å². The van der Waals surface area contributed by atoms with Crippen molar-refractivity contribution in [2.45, 2.75) is 57.4 Å². The Morgan fingerprint density at radius 3 is 1.27 bits per heavy atom. The summed E-state index contributed by atoms with van der Waals surface area (Å²) in [5.41, 5.74) is 13.7. The molecule has 0 aliphatic heterocycles. The van der Waals surface area contributed by atoms with Crippen LogP contribution in [0.5, 0.6) is 11.5 Å². The molecule has 4 aromatic rings. The summed E-state index contributed by atoms with van der Waals surface area (Å²) >= 11 is 0. The van der Waals surface area contributed by atoms with Gasteiger partial charge < -0.3 is 51.2 Å². The summed E-state index contributed by atoms with van der Waals surface area (Å²) in [6.07, 6.45) is 0.778. The Bertz CT molecular complexity index is 1950. The van der Waals surface area contributed by atoms with Crippen LogP contribution < -0.4 is 20.9 Å². The monoisotopic (exact) mass is 814 g/mol. The molecule has 4 rings (SSSR count). The highest BCUT2D eigenvalue weighted by Crippen LogP contribution is 2.18. The highest BCUT2D eigenvalue weighted by Gasteiger charge is 2.21. The van der Waals surface area contributed by atoms with Crippen LogP contribution in [0.1, 0.15) is 63.9 Å². The van der Waals surface area contributed by atoms with Crippen LogP contribution in [-0.2, 0) is 32.4 Å². The minimum absolute atomic E-state index is 0.0305. The summed E-state index contributed by atoms with van der Waals surface area (Å²) in [5.74, 6) is -3.98. The van der Waals surface area contributed by atoms with Gasteiger partial charge in [0.1, 0.15) is 43.3 Å². The summed E-state index contributed by atoms with van der Waals surface area (Å²) in [6.45, 7) is 0.666. The lowest BCUT2D eigenvalue weighted by molar-refractivity contribution is -0.139. The predicted octanol–water partition coefficient (Wildman–Crippen LogP) is 4.36. The number of nitrogens with two attached hydrogens (primary N) is 2. The molecule has 0 aliphatic carbocycles. The van der Waals surface area contributed by atoms with Crippen molar-refractivity contribution in [2.75, 3.05) is 26.2 Å². The number of carboxylic acids is 4. The average Bonchev–Trinajstić information content (AvgIpc) is 3.23.